The van der Waals surface area contributed by atoms with Crippen LogP contribution in [0.1, 0.15) is 17.9 Å². The van der Waals surface area contributed by atoms with Crippen LogP contribution in [0.3, 0.4) is 0 Å². The molecule has 0 radical (unpaired) electrons. The predicted molar refractivity (Wildman–Crippen MR) is 131 cm³/mol. The molecular weight excluding hydrogens is 503 g/mol. The fourth-order valence-electron chi connectivity index (χ4n) is 4.41. The largest absolute Gasteiger partial charge is 0.573 e. The number of halogens is 3. The fraction of sp³-hybridized carbons (Fsp3) is 0.231. The number of nitrogens with zero attached hydrogens (tertiary/aromatic N) is 3. The molecule has 38 heavy (non-hydrogen) atoms. The summed E-state index contributed by atoms with van der Waals surface area (Å²) in [6, 6.07) is 16.6. The summed E-state index contributed by atoms with van der Waals surface area (Å²) >= 11 is 0. The lowest BCUT2D eigenvalue weighted by molar-refractivity contribution is -0.274. The highest BCUT2D eigenvalue weighted by Crippen LogP contribution is 2.51. The van der Waals surface area contributed by atoms with Gasteiger partial charge in [-0.1, -0.05) is 30.3 Å². The van der Waals surface area contributed by atoms with Gasteiger partial charge in [-0.15, -0.1) is 18.3 Å². The highest BCUT2D eigenvalue weighted by molar-refractivity contribution is 5.97. The molecule has 3 aromatic carbocycles. The average molecular weight is 525 g/mol. The van der Waals surface area contributed by atoms with Crippen LogP contribution in [-0.2, 0) is 4.79 Å². The van der Waals surface area contributed by atoms with E-state index < -0.39 is 12.3 Å². The molecule has 2 unspecified atom stereocenters. The van der Waals surface area contributed by atoms with Crippen LogP contribution in [0.2, 0.25) is 0 Å². The van der Waals surface area contributed by atoms with Crippen LogP contribution >= 0.6 is 0 Å². The van der Waals surface area contributed by atoms with Gasteiger partial charge in [-0.05, 0) is 69.8 Å². The fourth-order valence-corrected chi connectivity index (χ4v) is 4.41. The number of anilines is 1. The van der Waals surface area contributed by atoms with Crippen LogP contribution < -0.4 is 19.5 Å². The van der Waals surface area contributed by atoms with Crippen LogP contribution in [-0.4, -0.2) is 47.1 Å². The highest BCUT2D eigenvalue weighted by Gasteiger charge is 2.46. The minimum Gasteiger partial charge on any atom is -0.493 e. The molecule has 2 atom stereocenters. The molecule has 1 heterocycles. The number of para-hydroxylation sites is 1. The first-order valence-corrected chi connectivity index (χ1v) is 11.5. The molecule has 196 valence electrons. The summed E-state index contributed by atoms with van der Waals surface area (Å²) in [7, 11) is 3.09. The zero-order valence-corrected chi connectivity index (χ0v) is 20.2. The Hall–Kier alpha value is -4.61. The van der Waals surface area contributed by atoms with Crippen molar-refractivity contribution in [3.05, 3.63) is 66.2 Å². The lowest BCUT2D eigenvalue weighted by Gasteiger charge is -2.14. The number of aromatic nitrogens is 4. The standard InChI is InChI=1S/C26H22F3N5O4/c1-36-22-10-7-14(11-23(22)37-2)16-9-8-15(12-19(16)24-31-33-34-32-24)30-25(35)20-13-18(20)17-5-3-4-6-21(17)38-26(27,28)29/h3-12,18,20H,13H2,1-2H3,(H,30,35)(H,31,32,33,34). The Morgan fingerprint density at radius 3 is 2.47 bits per heavy atom. The molecule has 1 aliphatic rings. The van der Waals surface area contributed by atoms with Crippen molar-refractivity contribution in [2.45, 2.75) is 18.7 Å². The lowest BCUT2D eigenvalue weighted by atomic mass is 9.98. The maximum Gasteiger partial charge on any atom is 0.573 e. The highest BCUT2D eigenvalue weighted by atomic mass is 19.4. The minimum absolute atomic E-state index is 0.292. The number of hydrogen-bond acceptors (Lipinski definition) is 7. The van der Waals surface area contributed by atoms with E-state index in [0.717, 1.165) is 11.1 Å². The topological polar surface area (TPSA) is 111 Å². The smallest absolute Gasteiger partial charge is 0.493 e. The van der Waals surface area contributed by atoms with Gasteiger partial charge in [-0.25, -0.2) is 5.10 Å². The predicted octanol–water partition coefficient (Wildman–Crippen LogP) is 5.19. The molecule has 0 aliphatic heterocycles. The average Bonchev–Trinajstić information content (AvgIpc) is 3.51. The van der Waals surface area contributed by atoms with Crippen LogP contribution in [0.5, 0.6) is 17.2 Å². The summed E-state index contributed by atoms with van der Waals surface area (Å²) in [5.74, 6) is 0.0274. The first-order valence-electron chi connectivity index (χ1n) is 11.5. The van der Waals surface area contributed by atoms with Gasteiger partial charge >= 0.3 is 6.36 Å². The van der Waals surface area contributed by atoms with E-state index in [1.54, 1.807) is 44.6 Å². The molecule has 1 fully saturated rings. The normalized spacial score (nSPS) is 16.6. The van der Waals surface area contributed by atoms with Crippen LogP contribution in [0.25, 0.3) is 22.5 Å². The van der Waals surface area contributed by atoms with Crippen LogP contribution in [0.4, 0.5) is 18.9 Å². The van der Waals surface area contributed by atoms with Crippen molar-refractivity contribution in [1.82, 2.24) is 20.6 Å². The molecule has 0 bridgehead atoms. The maximum absolute atomic E-state index is 13.0. The molecule has 1 aliphatic carbocycles. The number of rotatable bonds is 8. The van der Waals surface area contributed by atoms with E-state index in [1.165, 1.54) is 12.1 Å². The quantitative estimate of drug-likeness (QED) is 0.326. The van der Waals surface area contributed by atoms with Crippen molar-refractivity contribution in [2.24, 2.45) is 5.92 Å². The van der Waals surface area contributed by atoms with E-state index in [9.17, 15) is 18.0 Å². The summed E-state index contributed by atoms with van der Waals surface area (Å²) in [5, 5.41) is 16.9. The van der Waals surface area contributed by atoms with E-state index in [1.807, 2.05) is 18.2 Å². The van der Waals surface area contributed by atoms with Gasteiger partial charge in [0, 0.05) is 17.2 Å². The Labute approximate surface area is 214 Å². The van der Waals surface area contributed by atoms with Gasteiger partial charge in [0.05, 0.1) is 14.2 Å². The number of H-pyrrole nitrogens is 1. The number of ether oxygens (including phenoxy) is 3. The zero-order valence-electron chi connectivity index (χ0n) is 20.2. The second kappa shape index (κ2) is 10.0. The van der Waals surface area contributed by atoms with Crippen molar-refractivity contribution in [3.8, 4) is 39.8 Å². The zero-order chi connectivity index (χ0) is 26.9. The van der Waals surface area contributed by atoms with E-state index in [-0.39, 0.29) is 17.6 Å². The Kier molecular flexibility index (Phi) is 6.62. The number of carbonyl (C=O) groups excluding carboxylic acids is 1. The van der Waals surface area contributed by atoms with Gasteiger partial charge in [0.25, 0.3) is 0 Å². The monoisotopic (exact) mass is 525 g/mol. The van der Waals surface area contributed by atoms with E-state index in [4.69, 9.17) is 9.47 Å². The van der Waals surface area contributed by atoms with Gasteiger partial charge in [0.15, 0.2) is 17.3 Å². The van der Waals surface area contributed by atoms with Crippen molar-refractivity contribution in [3.63, 3.8) is 0 Å². The second-order valence-electron chi connectivity index (χ2n) is 8.60. The van der Waals surface area contributed by atoms with Gasteiger partial charge in [0.1, 0.15) is 5.75 Å². The molecule has 4 aromatic rings. The number of tetrazole rings is 1. The van der Waals surface area contributed by atoms with Crippen LogP contribution in [0.15, 0.2) is 60.7 Å². The molecule has 2 N–H and O–H groups in total. The number of amides is 1. The first-order chi connectivity index (χ1) is 18.3. The maximum atomic E-state index is 13.0. The Morgan fingerprint density at radius 1 is 0.974 bits per heavy atom. The van der Waals surface area contributed by atoms with Gasteiger partial charge in [0.2, 0.25) is 5.91 Å². The molecular formula is C26H22F3N5O4. The third kappa shape index (κ3) is 5.24. The molecule has 0 spiro atoms. The number of alkyl halides is 3. The van der Waals surface area contributed by atoms with Crippen LogP contribution in [0, 0.1) is 5.92 Å². The molecule has 9 nitrogen and oxygen atoms in total. The molecule has 5 rings (SSSR count). The molecule has 1 aromatic heterocycles. The molecule has 0 saturated heterocycles. The van der Waals surface area contributed by atoms with Crippen molar-refractivity contribution in [1.29, 1.82) is 0 Å². The second-order valence-corrected chi connectivity index (χ2v) is 8.60. The summed E-state index contributed by atoms with van der Waals surface area (Å²) in [6.45, 7) is 0. The van der Waals surface area contributed by atoms with Crippen molar-refractivity contribution >= 4 is 11.6 Å². The number of carbonyl (C=O) groups is 1. The molecule has 1 amide bonds. The molecule has 1 saturated carbocycles. The third-order valence-corrected chi connectivity index (χ3v) is 6.25. The Balaban J connectivity index is 1.39. The number of methoxy groups -OCH3 is 2. The number of benzene rings is 3. The number of aromatic amines is 1. The Bertz CT molecular complexity index is 1460. The van der Waals surface area contributed by atoms with Gasteiger partial charge < -0.3 is 19.5 Å². The number of nitrogens with one attached hydrogen (secondary N) is 2. The summed E-state index contributed by atoms with van der Waals surface area (Å²) in [6.07, 6.45) is -4.41. The number of hydrogen-bond donors (Lipinski definition) is 2. The van der Waals surface area contributed by atoms with Crippen molar-refractivity contribution in [2.75, 3.05) is 19.5 Å². The van der Waals surface area contributed by atoms with E-state index >= 15 is 0 Å². The first kappa shape index (κ1) is 25.1. The summed E-state index contributed by atoms with van der Waals surface area (Å²) in [5.41, 5.74) is 3.02. The summed E-state index contributed by atoms with van der Waals surface area (Å²) < 4.78 is 53.3. The minimum atomic E-state index is -4.82. The lowest BCUT2D eigenvalue weighted by Crippen LogP contribution is -2.18. The molecule has 12 heteroatoms. The van der Waals surface area contributed by atoms with Gasteiger partial charge in [-0.3, -0.25) is 4.79 Å². The third-order valence-electron chi connectivity index (χ3n) is 6.25. The van der Waals surface area contributed by atoms with E-state index in [0.29, 0.717) is 40.6 Å². The van der Waals surface area contributed by atoms with Crippen molar-refractivity contribution < 1.29 is 32.2 Å². The Morgan fingerprint density at radius 2 is 1.76 bits per heavy atom. The SMILES string of the molecule is COc1ccc(-c2ccc(NC(=O)C3CC3c3ccccc3OC(F)(F)F)cc2-c2nnn[nH]2)cc1OC. The summed E-state index contributed by atoms with van der Waals surface area (Å²) in [4.78, 5) is 13.0. The van der Waals surface area contributed by atoms with Gasteiger partial charge in [-0.2, -0.15) is 0 Å². The van der Waals surface area contributed by atoms with E-state index in [2.05, 4.69) is 30.7 Å².